The summed E-state index contributed by atoms with van der Waals surface area (Å²) >= 11 is 0. The first-order valence-corrected chi connectivity index (χ1v) is 6.91. The third kappa shape index (κ3) is 2.98. The quantitative estimate of drug-likeness (QED) is 0.851. The van der Waals surface area contributed by atoms with E-state index in [1.807, 2.05) is 24.3 Å². The van der Waals surface area contributed by atoms with Crippen molar-refractivity contribution in [3.8, 4) is 0 Å². The lowest BCUT2D eigenvalue weighted by Crippen LogP contribution is -2.47. The molecule has 0 aromatic heterocycles. The molecule has 3 heteroatoms. The van der Waals surface area contributed by atoms with Gasteiger partial charge in [0.15, 0.2) is 5.78 Å². The summed E-state index contributed by atoms with van der Waals surface area (Å²) in [7, 11) is 0. The molecule has 0 spiro atoms. The van der Waals surface area contributed by atoms with Crippen LogP contribution in [0.4, 0.5) is 5.69 Å². The average molecular weight is 261 g/mol. The monoisotopic (exact) mass is 261 g/mol. The highest BCUT2D eigenvalue weighted by Crippen LogP contribution is 2.36. The zero-order chi connectivity index (χ0) is 14.0. The smallest absolute Gasteiger partial charge is 0.159 e. The molecular weight excluding hydrogens is 238 g/mol. The van der Waals surface area contributed by atoms with E-state index in [-0.39, 0.29) is 17.8 Å². The highest BCUT2D eigenvalue weighted by Gasteiger charge is 2.35. The maximum atomic E-state index is 11.3. The summed E-state index contributed by atoms with van der Waals surface area (Å²) in [6.07, 6.45) is 1.01. The zero-order valence-corrected chi connectivity index (χ0v) is 12.0. The molecule has 1 aromatic rings. The lowest BCUT2D eigenvalue weighted by Gasteiger charge is -2.44. The number of carbonyl (C=O) groups is 1. The molecule has 19 heavy (non-hydrogen) atoms. The fourth-order valence-electron chi connectivity index (χ4n) is 2.87. The molecule has 2 rings (SSSR count). The standard InChI is InChI=1S/C16H23NO2/c1-12(19)13-4-6-15(7-5-13)17-9-8-14(10-18)16(2,3)11-17/h4-7,14,18H,8-11H2,1-3H3. The molecule has 0 radical (unpaired) electrons. The van der Waals surface area contributed by atoms with E-state index in [1.165, 1.54) is 0 Å². The van der Waals surface area contributed by atoms with Crippen molar-refractivity contribution in [1.29, 1.82) is 0 Å². The number of carbonyl (C=O) groups excluding carboxylic acids is 1. The minimum Gasteiger partial charge on any atom is -0.396 e. The number of hydrogen-bond donors (Lipinski definition) is 1. The number of ketones is 1. The summed E-state index contributed by atoms with van der Waals surface area (Å²) in [4.78, 5) is 13.6. The van der Waals surface area contributed by atoms with Crippen LogP contribution in [0.5, 0.6) is 0 Å². The summed E-state index contributed by atoms with van der Waals surface area (Å²) in [5.74, 6) is 0.478. The van der Waals surface area contributed by atoms with Crippen molar-refractivity contribution in [3.05, 3.63) is 29.8 Å². The second-order valence-corrected chi connectivity index (χ2v) is 6.18. The number of aliphatic hydroxyl groups excluding tert-OH is 1. The van der Waals surface area contributed by atoms with Crippen LogP contribution in [0.3, 0.4) is 0 Å². The lowest BCUT2D eigenvalue weighted by atomic mass is 9.74. The first-order chi connectivity index (χ1) is 8.94. The van der Waals surface area contributed by atoms with Gasteiger partial charge in [0.2, 0.25) is 0 Å². The SMILES string of the molecule is CC(=O)c1ccc(N2CCC(CO)C(C)(C)C2)cc1. The van der Waals surface area contributed by atoms with Crippen molar-refractivity contribution < 1.29 is 9.90 Å². The van der Waals surface area contributed by atoms with Crippen molar-refractivity contribution >= 4 is 11.5 Å². The first kappa shape index (κ1) is 14.1. The molecule has 1 aromatic carbocycles. The number of nitrogens with zero attached hydrogens (tertiary/aromatic N) is 1. The number of hydrogen-bond acceptors (Lipinski definition) is 3. The molecule has 1 unspecified atom stereocenters. The molecule has 0 bridgehead atoms. The zero-order valence-electron chi connectivity index (χ0n) is 12.0. The Morgan fingerprint density at radius 2 is 2.00 bits per heavy atom. The maximum Gasteiger partial charge on any atom is 0.159 e. The average Bonchev–Trinajstić information content (AvgIpc) is 2.37. The fraction of sp³-hybridized carbons (Fsp3) is 0.562. The van der Waals surface area contributed by atoms with Gasteiger partial charge in [-0.2, -0.15) is 0 Å². The number of anilines is 1. The van der Waals surface area contributed by atoms with E-state index in [0.717, 1.165) is 30.8 Å². The largest absolute Gasteiger partial charge is 0.396 e. The topological polar surface area (TPSA) is 40.5 Å². The van der Waals surface area contributed by atoms with Gasteiger partial charge >= 0.3 is 0 Å². The number of rotatable bonds is 3. The minimum atomic E-state index is 0.103. The molecule has 0 aliphatic carbocycles. The first-order valence-electron chi connectivity index (χ1n) is 6.91. The van der Waals surface area contributed by atoms with E-state index in [2.05, 4.69) is 18.7 Å². The van der Waals surface area contributed by atoms with Crippen molar-refractivity contribution in [2.24, 2.45) is 11.3 Å². The lowest BCUT2D eigenvalue weighted by molar-refractivity contribution is 0.0971. The summed E-state index contributed by atoms with van der Waals surface area (Å²) in [5.41, 5.74) is 2.04. The molecule has 1 fully saturated rings. The van der Waals surface area contributed by atoms with Crippen LogP contribution in [0, 0.1) is 11.3 Å². The molecule has 0 saturated carbocycles. The molecule has 1 aliphatic rings. The minimum absolute atomic E-state index is 0.103. The summed E-state index contributed by atoms with van der Waals surface area (Å²) < 4.78 is 0. The Bertz CT molecular complexity index is 450. The second kappa shape index (κ2) is 5.33. The maximum absolute atomic E-state index is 11.3. The van der Waals surface area contributed by atoms with E-state index >= 15 is 0 Å². The number of Topliss-reactive ketones (excluding diaryl/α,β-unsaturated/α-hetero) is 1. The Morgan fingerprint density at radius 1 is 1.37 bits per heavy atom. The predicted octanol–water partition coefficient (Wildman–Crippen LogP) is 2.73. The van der Waals surface area contributed by atoms with Gasteiger partial charge in [-0.3, -0.25) is 4.79 Å². The third-order valence-corrected chi connectivity index (χ3v) is 4.31. The van der Waals surface area contributed by atoms with Gasteiger partial charge in [-0.15, -0.1) is 0 Å². The van der Waals surface area contributed by atoms with Crippen LogP contribution in [0.2, 0.25) is 0 Å². The van der Waals surface area contributed by atoms with Crippen molar-refractivity contribution in [3.63, 3.8) is 0 Å². The molecule has 1 saturated heterocycles. The molecular formula is C16H23NO2. The molecule has 1 heterocycles. The van der Waals surface area contributed by atoms with Crippen molar-refractivity contribution in [1.82, 2.24) is 0 Å². The van der Waals surface area contributed by atoms with Crippen LogP contribution in [-0.2, 0) is 0 Å². The van der Waals surface area contributed by atoms with Crippen LogP contribution >= 0.6 is 0 Å². The van der Waals surface area contributed by atoms with Gasteiger partial charge in [-0.25, -0.2) is 0 Å². The van der Waals surface area contributed by atoms with Crippen molar-refractivity contribution in [2.45, 2.75) is 27.2 Å². The molecule has 104 valence electrons. The van der Waals surface area contributed by atoms with Gasteiger partial charge in [-0.05, 0) is 48.9 Å². The molecule has 1 aliphatic heterocycles. The van der Waals surface area contributed by atoms with Crippen LogP contribution in [0.25, 0.3) is 0 Å². The number of benzene rings is 1. The van der Waals surface area contributed by atoms with Crippen molar-refractivity contribution in [2.75, 3.05) is 24.6 Å². The Labute approximate surface area is 115 Å². The molecule has 1 N–H and O–H groups in total. The Balaban J connectivity index is 2.13. The van der Waals surface area contributed by atoms with E-state index < -0.39 is 0 Å². The number of aliphatic hydroxyl groups is 1. The third-order valence-electron chi connectivity index (χ3n) is 4.31. The fourth-order valence-corrected chi connectivity index (χ4v) is 2.87. The normalized spacial score (nSPS) is 22.3. The van der Waals surface area contributed by atoms with Gasteiger partial charge in [-0.1, -0.05) is 13.8 Å². The molecule has 0 amide bonds. The summed E-state index contributed by atoms with van der Waals surface area (Å²) in [6, 6.07) is 7.82. The van der Waals surface area contributed by atoms with E-state index in [9.17, 15) is 9.90 Å². The Kier molecular flexibility index (Phi) is 3.95. The van der Waals surface area contributed by atoms with Gasteiger partial charge in [0.05, 0.1) is 0 Å². The van der Waals surface area contributed by atoms with Crippen LogP contribution in [0.1, 0.15) is 37.6 Å². The predicted molar refractivity (Wildman–Crippen MR) is 77.6 cm³/mol. The highest BCUT2D eigenvalue weighted by atomic mass is 16.3. The summed E-state index contributed by atoms with van der Waals surface area (Å²) in [6.45, 7) is 8.19. The van der Waals surface area contributed by atoms with E-state index in [4.69, 9.17) is 0 Å². The summed E-state index contributed by atoms with van der Waals surface area (Å²) in [5, 5.41) is 9.42. The number of piperidine rings is 1. The Morgan fingerprint density at radius 3 is 2.47 bits per heavy atom. The molecule has 1 atom stereocenters. The van der Waals surface area contributed by atoms with Crippen LogP contribution in [-0.4, -0.2) is 30.6 Å². The van der Waals surface area contributed by atoms with Crippen LogP contribution in [0.15, 0.2) is 24.3 Å². The highest BCUT2D eigenvalue weighted by molar-refractivity contribution is 5.94. The van der Waals surface area contributed by atoms with E-state index in [0.29, 0.717) is 5.92 Å². The van der Waals surface area contributed by atoms with Gasteiger partial charge in [0.25, 0.3) is 0 Å². The second-order valence-electron chi connectivity index (χ2n) is 6.18. The van der Waals surface area contributed by atoms with E-state index in [1.54, 1.807) is 6.92 Å². The van der Waals surface area contributed by atoms with Gasteiger partial charge < -0.3 is 10.0 Å². The van der Waals surface area contributed by atoms with Gasteiger partial charge in [0.1, 0.15) is 0 Å². The van der Waals surface area contributed by atoms with Crippen LogP contribution < -0.4 is 4.90 Å². The molecule has 3 nitrogen and oxygen atoms in total. The Hall–Kier alpha value is -1.35. The van der Waals surface area contributed by atoms with Gasteiger partial charge in [0, 0.05) is 30.9 Å².